The number of nitrogen functional groups attached to an aromatic ring is 1. The fourth-order valence-corrected chi connectivity index (χ4v) is 2.83. The first-order valence-corrected chi connectivity index (χ1v) is 7.87. The van der Waals surface area contributed by atoms with Crippen molar-refractivity contribution in [3.63, 3.8) is 0 Å². The Kier molecular flexibility index (Phi) is 5.36. The van der Waals surface area contributed by atoms with Crippen molar-refractivity contribution in [1.82, 2.24) is 4.90 Å². The lowest BCUT2D eigenvalue weighted by molar-refractivity contribution is -0.117. The number of thiophene rings is 1. The summed E-state index contributed by atoms with van der Waals surface area (Å²) in [5, 5.41) is 4.99. The molecule has 1 amide bonds. The Morgan fingerprint density at radius 2 is 2.14 bits per heavy atom. The molecule has 0 radical (unpaired) electrons. The molecule has 0 unspecified atom stereocenters. The summed E-state index contributed by atoms with van der Waals surface area (Å²) >= 11 is 1.71. The van der Waals surface area contributed by atoms with Crippen LogP contribution in [0.3, 0.4) is 0 Å². The van der Waals surface area contributed by atoms with E-state index in [0.717, 1.165) is 24.3 Å². The molecule has 1 aromatic carbocycles. The zero-order chi connectivity index (χ0) is 15.2. The van der Waals surface area contributed by atoms with Gasteiger partial charge in [-0.1, -0.05) is 19.1 Å². The van der Waals surface area contributed by atoms with Gasteiger partial charge in [-0.3, -0.25) is 9.69 Å². The first kappa shape index (κ1) is 15.5. The molecule has 0 bridgehead atoms. The van der Waals surface area contributed by atoms with Crippen LogP contribution in [0.4, 0.5) is 11.4 Å². The van der Waals surface area contributed by atoms with Gasteiger partial charge < -0.3 is 11.1 Å². The predicted molar refractivity (Wildman–Crippen MR) is 89.5 cm³/mol. The van der Waals surface area contributed by atoms with Crippen molar-refractivity contribution in [3.05, 3.63) is 46.2 Å². The maximum absolute atomic E-state index is 12.2. The van der Waals surface area contributed by atoms with E-state index in [9.17, 15) is 4.79 Å². The van der Waals surface area contributed by atoms with Crippen LogP contribution in [0.2, 0.25) is 0 Å². The van der Waals surface area contributed by atoms with Gasteiger partial charge in [0.1, 0.15) is 0 Å². The lowest BCUT2D eigenvalue weighted by Gasteiger charge is -2.19. The third-order valence-corrected chi connectivity index (χ3v) is 4.28. The molecule has 0 aliphatic carbocycles. The van der Waals surface area contributed by atoms with E-state index in [1.54, 1.807) is 11.3 Å². The average molecular weight is 303 g/mol. The molecule has 0 saturated carbocycles. The van der Waals surface area contributed by atoms with Gasteiger partial charge in [-0.25, -0.2) is 0 Å². The van der Waals surface area contributed by atoms with Gasteiger partial charge in [-0.15, -0.1) is 11.3 Å². The molecule has 0 aliphatic rings. The number of carbonyl (C=O) groups excluding carboxylic acids is 1. The highest BCUT2D eigenvalue weighted by atomic mass is 32.1. The predicted octanol–water partition coefficient (Wildman–Crippen LogP) is 3.10. The van der Waals surface area contributed by atoms with Crippen molar-refractivity contribution in [1.29, 1.82) is 0 Å². The maximum atomic E-state index is 12.2. The number of nitrogens with one attached hydrogen (secondary N) is 1. The standard InChI is InChI=1S/C16H21N3OS/c1-3-19(10-13-6-5-9-21-13)11-16(20)18-15-8-4-7-14(17)12(15)2/h4-9H,3,10-11,17H2,1-2H3,(H,18,20). The van der Waals surface area contributed by atoms with Crippen molar-refractivity contribution in [2.45, 2.75) is 20.4 Å². The second kappa shape index (κ2) is 7.24. The molecule has 2 aromatic rings. The van der Waals surface area contributed by atoms with Crippen LogP contribution >= 0.6 is 11.3 Å². The third kappa shape index (κ3) is 4.31. The molecular formula is C16H21N3OS. The average Bonchev–Trinajstić information content (AvgIpc) is 2.96. The minimum atomic E-state index is -0.0119. The Labute approximate surface area is 129 Å². The number of anilines is 2. The number of amides is 1. The highest BCUT2D eigenvalue weighted by Crippen LogP contribution is 2.20. The van der Waals surface area contributed by atoms with Crippen molar-refractivity contribution >= 4 is 28.6 Å². The van der Waals surface area contributed by atoms with E-state index in [0.29, 0.717) is 12.2 Å². The highest BCUT2D eigenvalue weighted by Gasteiger charge is 2.11. The quantitative estimate of drug-likeness (QED) is 0.806. The number of nitrogens with zero attached hydrogens (tertiary/aromatic N) is 1. The number of rotatable bonds is 6. The van der Waals surface area contributed by atoms with Crippen LogP contribution < -0.4 is 11.1 Å². The normalized spacial score (nSPS) is 10.8. The van der Waals surface area contributed by atoms with Gasteiger partial charge in [0.05, 0.1) is 6.54 Å². The molecule has 2 rings (SSSR count). The molecule has 0 aliphatic heterocycles. The Morgan fingerprint density at radius 1 is 1.33 bits per heavy atom. The monoisotopic (exact) mass is 303 g/mol. The van der Waals surface area contributed by atoms with Crippen LogP contribution in [0.5, 0.6) is 0 Å². The van der Waals surface area contributed by atoms with Crippen molar-refractivity contribution in [3.8, 4) is 0 Å². The molecule has 0 saturated heterocycles. The lowest BCUT2D eigenvalue weighted by atomic mass is 10.1. The summed E-state index contributed by atoms with van der Waals surface area (Å²) < 4.78 is 0. The van der Waals surface area contributed by atoms with Crippen LogP contribution in [0, 0.1) is 6.92 Å². The first-order valence-electron chi connectivity index (χ1n) is 6.99. The molecule has 21 heavy (non-hydrogen) atoms. The molecule has 5 heteroatoms. The van der Waals surface area contributed by atoms with E-state index in [1.807, 2.05) is 31.2 Å². The molecule has 4 nitrogen and oxygen atoms in total. The van der Waals surface area contributed by atoms with Gasteiger partial charge in [0.25, 0.3) is 0 Å². The Balaban J connectivity index is 1.95. The van der Waals surface area contributed by atoms with Gasteiger partial charge in [-0.05, 0) is 42.6 Å². The summed E-state index contributed by atoms with van der Waals surface area (Å²) in [6.07, 6.45) is 0. The molecule has 0 atom stereocenters. The molecular weight excluding hydrogens is 282 g/mol. The van der Waals surface area contributed by atoms with Crippen molar-refractivity contribution < 1.29 is 4.79 Å². The summed E-state index contributed by atoms with van der Waals surface area (Å²) in [6.45, 7) is 5.99. The van der Waals surface area contributed by atoms with Gasteiger partial charge in [0.2, 0.25) is 5.91 Å². The summed E-state index contributed by atoms with van der Waals surface area (Å²) in [7, 11) is 0. The van der Waals surface area contributed by atoms with E-state index in [4.69, 9.17) is 5.73 Å². The second-order valence-electron chi connectivity index (χ2n) is 4.95. The van der Waals surface area contributed by atoms with E-state index in [2.05, 4.69) is 28.6 Å². The highest BCUT2D eigenvalue weighted by molar-refractivity contribution is 7.09. The molecule has 0 fully saturated rings. The minimum Gasteiger partial charge on any atom is -0.398 e. The van der Waals surface area contributed by atoms with Crippen LogP contribution in [0.15, 0.2) is 35.7 Å². The van der Waals surface area contributed by atoms with Gasteiger partial charge >= 0.3 is 0 Å². The lowest BCUT2D eigenvalue weighted by Crippen LogP contribution is -2.32. The molecule has 3 N–H and O–H groups in total. The Bertz CT molecular complexity index is 596. The molecule has 112 valence electrons. The van der Waals surface area contributed by atoms with E-state index >= 15 is 0 Å². The fraction of sp³-hybridized carbons (Fsp3) is 0.312. The smallest absolute Gasteiger partial charge is 0.238 e. The SMILES string of the molecule is CCN(CC(=O)Nc1cccc(N)c1C)Cc1cccs1. The number of carbonyl (C=O) groups is 1. The van der Waals surface area contributed by atoms with Gasteiger partial charge in [0.15, 0.2) is 0 Å². The van der Waals surface area contributed by atoms with Crippen LogP contribution in [-0.2, 0) is 11.3 Å². The summed E-state index contributed by atoms with van der Waals surface area (Å²) in [4.78, 5) is 15.6. The zero-order valence-electron chi connectivity index (χ0n) is 12.4. The number of benzene rings is 1. The van der Waals surface area contributed by atoms with Gasteiger partial charge in [0, 0.05) is 22.8 Å². The number of hydrogen-bond acceptors (Lipinski definition) is 4. The van der Waals surface area contributed by atoms with Crippen molar-refractivity contribution in [2.24, 2.45) is 0 Å². The summed E-state index contributed by atoms with van der Waals surface area (Å²) in [5.41, 5.74) is 8.24. The van der Waals surface area contributed by atoms with Crippen LogP contribution in [0.25, 0.3) is 0 Å². The Morgan fingerprint density at radius 3 is 2.81 bits per heavy atom. The fourth-order valence-electron chi connectivity index (χ4n) is 2.08. The van der Waals surface area contributed by atoms with E-state index in [-0.39, 0.29) is 5.91 Å². The largest absolute Gasteiger partial charge is 0.398 e. The van der Waals surface area contributed by atoms with E-state index in [1.165, 1.54) is 4.88 Å². The second-order valence-corrected chi connectivity index (χ2v) is 5.98. The Hall–Kier alpha value is -1.85. The van der Waals surface area contributed by atoms with Crippen LogP contribution in [0.1, 0.15) is 17.4 Å². The van der Waals surface area contributed by atoms with Gasteiger partial charge in [-0.2, -0.15) is 0 Å². The molecule has 1 aromatic heterocycles. The topological polar surface area (TPSA) is 58.4 Å². The zero-order valence-corrected chi connectivity index (χ0v) is 13.2. The summed E-state index contributed by atoms with van der Waals surface area (Å²) in [5.74, 6) is -0.0119. The first-order chi connectivity index (χ1) is 10.1. The third-order valence-electron chi connectivity index (χ3n) is 3.42. The molecule has 0 spiro atoms. The number of hydrogen-bond donors (Lipinski definition) is 2. The number of likely N-dealkylation sites (N-methyl/N-ethyl adjacent to an activating group) is 1. The van der Waals surface area contributed by atoms with Crippen molar-refractivity contribution in [2.75, 3.05) is 24.1 Å². The van der Waals surface area contributed by atoms with E-state index < -0.39 is 0 Å². The molecule has 1 heterocycles. The number of nitrogens with two attached hydrogens (primary N) is 1. The summed E-state index contributed by atoms with van der Waals surface area (Å²) in [6, 6.07) is 9.68. The van der Waals surface area contributed by atoms with Crippen LogP contribution in [-0.4, -0.2) is 23.9 Å². The maximum Gasteiger partial charge on any atom is 0.238 e. The minimum absolute atomic E-state index is 0.0119.